The Labute approximate surface area is 295 Å². The van der Waals surface area contributed by atoms with Crippen LogP contribution in [0.3, 0.4) is 0 Å². The van der Waals surface area contributed by atoms with E-state index in [9.17, 15) is 18.9 Å². The van der Waals surface area contributed by atoms with Crippen LogP contribution in [-0.4, -0.2) is 68.2 Å². The number of unbranched alkanes of at least 4 members (excludes halogenated alkanes) is 8. The van der Waals surface area contributed by atoms with Gasteiger partial charge in [0.05, 0.1) is 19.5 Å². The molecule has 15 heteroatoms. The lowest BCUT2D eigenvalue weighted by Crippen LogP contribution is -2.48. The number of fused-ring (bicyclic) bond motifs is 1. The number of ether oxygens (including phenoxy) is 2. The van der Waals surface area contributed by atoms with Crippen LogP contribution in [0.15, 0.2) is 36.7 Å². The molecule has 1 aromatic carbocycles. The van der Waals surface area contributed by atoms with Crippen molar-refractivity contribution in [1.82, 2.24) is 24.6 Å². The van der Waals surface area contributed by atoms with Crippen LogP contribution in [0.2, 0.25) is 0 Å². The summed E-state index contributed by atoms with van der Waals surface area (Å²) in [6.07, 6.45) is 11.4. The monoisotopic (exact) mass is 722 g/mol. The number of esters is 1. The highest BCUT2D eigenvalue weighted by molar-refractivity contribution is 7.52. The van der Waals surface area contributed by atoms with Crippen molar-refractivity contribution in [2.45, 2.75) is 135 Å². The van der Waals surface area contributed by atoms with Crippen LogP contribution in [0.5, 0.6) is 5.75 Å². The summed E-state index contributed by atoms with van der Waals surface area (Å²) in [7, 11) is -2.92. The number of imidazole rings is 1. The van der Waals surface area contributed by atoms with Gasteiger partial charge in [0.15, 0.2) is 11.5 Å². The third kappa shape index (κ3) is 12.9. The average molecular weight is 723 g/mol. The smallest absolute Gasteiger partial charge is 0.459 e. The molecule has 3 aromatic rings. The number of halogens is 1. The number of nitrogens with two attached hydrogens (primary N) is 1. The van der Waals surface area contributed by atoms with Crippen LogP contribution in [-0.2, 0) is 29.9 Å². The molecule has 0 aliphatic carbocycles. The summed E-state index contributed by atoms with van der Waals surface area (Å²) >= 11 is 0. The first-order valence-corrected chi connectivity index (χ1v) is 19.3. The number of hydrogen-bond donors (Lipinski definition) is 3. The second-order valence-corrected chi connectivity index (χ2v) is 14.7. The molecule has 0 fully saturated rings. The van der Waals surface area contributed by atoms with Gasteiger partial charge in [-0.05, 0) is 51.7 Å². The maximum atomic E-state index is 14.3. The first-order chi connectivity index (χ1) is 23.9. The number of aromatic nitrogens is 4. The molecule has 280 valence electrons. The van der Waals surface area contributed by atoms with E-state index < -0.39 is 44.1 Å². The number of carbonyl (C=O) groups excluding carboxylic acids is 1. The summed E-state index contributed by atoms with van der Waals surface area (Å²) in [5.74, 6) is -0.459. The number of anilines is 1. The molecule has 0 spiro atoms. The van der Waals surface area contributed by atoms with Gasteiger partial charge in [0.1, 0.15) is 35.1 Å². The summed E-state index contributed by atoms with van der Waals surface area (Å²) in [6, 6.07) is 7.35. The first kappa shape index (κ1) is 41.3. The van der Waals surface area contributed by atoms with Crippen molar-refractivity contribution in [3.8, 4) is 5.75 Å². The second-order valence-electron chi connectivity index (χ2n) is 13.0. The molecule has 0 saturated heterocycles. The largest absolute Gasteiger partial charge is 0.461 e. The minimum Gasteiger partial charge on any atom is -0.461 e. The number of aliphatic hydroxyl groups excluding tert-OH is 1. The molecule has 50 heavy (non-hydrogen) atoms. The number of methoxy groups -OCH3 is 1. The Morgan fingerprint density at radius 2 is 1.66 bits per heavy atom. The molecule has 2 aromatic heterocycles. The molecule has 2 heterocycles. The van der Waals surface area contributed by atoms with E-state index in [1.54, 1.807) is 44.2 Å². The highest BCUT2D eigenvalue weighted by Crippen LogP contribution is 2.46. The van der Waals surface area contributed by atoms with E-state index in [2.05, 4.69) is 33.9 Å². The van der Waals surface area contributed by atoms with Crippen LogP contribution in [0.25, 0.3) is 11.2 Å². The zero-order chi connectivity index (χ0) is 36.6. The van der Waals surface area contributed by atoms with Crippen LogP contribution in [0.1, 0.15) is 105 Å². The predicted molar refractivity (Wildman–Crippen MR) is 191 cm³/mol. The van der Waals surface area contributed by atoms with E-state index >= 15 is 0 Å². The van der Waals surface area contributed by atoms with Gasteiger partial charge in [-0.25, -0.2) is 9.55 Å². The van der Waals surface area contributed by atoms with Gasteiger partial charge in [0, 0.05) is 7.11 Å². The quantitative estimate of drug-likeness (QED) is 0.0350. The average Bonchev–Trinajstić information content (AvgIpc) is 3.49. The van der Waals surface area contributed by atoms with Gasteiger partial charge in [0.2, 0.25) is 0 Å². The molecule has 1 unspecified atom stereocenters. The lowest BCUT2D eigenvalue weighted by molar-refractivity contribution is -0.151. The number of para-hydroxylation sites is 1. The lowest BCUT2D eigenvalue weighted by atomic mass is 10.00. The van der Waals surface area contributed by atoms with Crippen molar-refractivity contribution in [1.29, 1.82) is 0 Å². The third-order valence-electron chi connectivity index (χ3n) is 8.74. The molecule has 0 aliphatic heterocycles. The third-order valence-corrected chi connectivity index (χ3v) is 10.4. The van der Waals surface area contributed by atoms with Gasteiger partial charge < -0.3 is 29.4 Å². The van der Waals surface area contributed by atoms with Gasteiger partial charge in [0.25, 0.3) is 0 Å². The molecule has 3 rings (SSSR count). The molecule has 4 N–H and O–H groups in total. The van der Waals surface area contributed by atoms with Gasteiger partial charge in [-0.1, -0.05) is 83.4 Å². The molecular formula is C35H56FN6O7P. The highest BCUT2D eigenvalue weighted by atomic mass is 31.2. The van der Waals surface area contributed by atoms with E-state index in [0.717, 1.165) is 64.2 Å². The Hall–Kier alpha value is -3.16. The fourth-order valence-corrected chi connectivity index (χ4v) is 7.02. The number of nitrogen functional groups attached to an aromatic ring is 1. The topological polar surface area (TPSA) is 173 Å². The molecule has 0 bridgehead atoms. The number of hydrogen-bond acceptors (Lipinski definition) is 11. The van der Waals surface area contributed by atoms with Crippen molar-refractivity contribution in [3.05, 3.63) is 42.7 Å². The molecule has 0 amide bonds. The number of carbonyl (C=O) groups is 1. The van der Waals surface area contributed by atoms with E-state index in [0.29, 0.717) is 0 Å². The molecular weight excluding hydrogens is 666 g/mol. The Morgan fingerprint density at radius 3 is 2.26 bits per heavy atom. The number of aliphatic hydroxyl groups is 1. The van der Waals surface area contributed by atoms with Gasteiger partial charge in [-0.15, -0.1) is 0 Å². The summed E-state index contributed by atoms with van der Waals surface area (Å²) < 4.78 is 53.0. The first-order valence-electron chi connectivity index (χ1n) is 17.8. The molecule has 0 saturated carbocycles. The number of benzene rings is 1. The predicted octanol–water partition coefficient (Wildman–Crippen LogP) is 7.13. The maximum absolute atomic E-state index is 14.3. The zero-order valence-corrected chi connectivity index (χ0v) is 31.1. The van der Waals surface area contributed by atoms with Gasteiger partial charge in [-0.2, -0.15) is 19.4 Å². The van der Waals surface area contributed by atoms with Crippen LogP contribution >= 0.6 is 7.75 Å². The van der Waals surface area contributed by atoms with Crippen molar-refractivity contribution < 1.29 is 37.4 Å². The van der Waals surface area contributed by atoms with E-state index in [1.807, 2.05) is 0 Å². The fourth-order valence-electron chi connectivity index (χ4n) is 5.44. The number of nitrogens with zero attached hydrogens (tertiary/aromatic N) is 4. The van der Waals surface area contributed by atoms with Crippen LogP contribution in [0.4, 0.5) is 10.2 Å². The van der Waals surface area contributed by atoms with Crippen molar-refractivity contribution in [2.24, 2.45) is 0 Å². The fraction of sp³-hybridized carbons (Fsp3) is 0.657. The minimum atomic E-state index is -4.28. The Bertz CT molecular complexity index is 1480. The molecule has 0 radical (unpaired) electrons. The Morgan fingerprint density at radius 1 is 1.04 bits per heavy atom. The SMILES string of the molecule is CCCCCCCC(CCCCCCC)OC(=O)[C@H](C)NP(=O)(OC[C@@](C)(OC)[C@@H](O)Cn1cnc2c(N)nc(F)nc21)Oc1ccccc1. The Kier molecular flexibility index (Phi) is 17.0. The normalized spacial score (nSPS) is 15.4. The lowest BCUT2D eigenvalue weighted by Gasteiger charge is -2.34. The van der Waals surface area contributed by atoms with Gasteiger partial charge >= 0.3 is 19.8 Å². The maximum Gasteiger partial charge on any atom is 0.459 e. The van der Waals surface area contributed by atoms with Gasteiger partial charge in [-0.3, -0.25) is 9.32 Å². The summed E-state index contributed by atoms with van der Waals surface area (Å²) in [6.45, 7) is 6.87. The number of rotatable bonds is 25. The highest BCUT2D eigenvalue weighted by Gasteiger charge is 2.40. The van der Waals surface area contributed by atoms with E-state index in [1.165, 1.54) is 30.8 Å². The van der Waals surface area contributed by atoms with Crippen molar-refractivity contribution in [2.75, 3.05) is 19.5 Å². The molecule has 13 nitrogen and oxygen atoms in total. The van der Waals surface area contributed by atoms with E-state index in [-0.39, 0.29) is 35.4 Å². The zero-order valence-electron chi connectivity index (χ0n) is 30.2. The van der Waals surface area contributed by atoms with E-state index in [4.69, 9.17) is 24.3 Å². The minimum absolute atomic E-state index is 0.0840. The van der Waals surface area contributed by atoms with Crippen molar-refractivity contribution >= 4 is 30.7 Å². The summed E-state index contributed by atoms with van der Waals surface area (Å²) in [4.78, 5) is 24.8. The van der Waals surface area contributed by atoms with Crippen LogP contribution < -0.4 is 15.3 Å². The number of nitrogens with one attached hydrogen (secondary N) is 1. The standard InChI is InChI=1S/C35H56FN6O7P/c1-6-8-10-12-15-19-27(20-16-13-11-9-7-2)48-33(44)26(3)41-50(45,49-28-21-17-14-18-22-28)47-24-35(4,46-5)29(43)23-42-25-38-30-31(37)39-34(36)40-32(30)42/h14,17-18,21-22,25-27,29,43H,6-13,15-16,19-20,23-24H2,1-5H3,(H,41,45)(H2,37,39,40)/t26-,29-,35+,50?/m0/s1. The molecule has 4 atom stereocenters. The molecule has 0 aliphatic rings. The summed E-state index contributed by atoms with van der Waals surface area (Å²) in [5.41, 5.74) is 4.57. The van der Waals surface area contributed by atoms with Crippen molar-refractivity contribution in [3.63, 3.8) is 0 Å². The summed E-state index contributed by atoms with van der Waals surface area (Å²) in [5, 5.41) is 14.0. The second kappa shape index (κ2) is 20.6. The van der Waals surface area contributed by atoms with Crippen LogP contribution in [0, 0.1) is 6.08 Å². The Balaban J connectivity index is 1.72.